The van der Waals surface area contributed by atoms with Gasteiger partial charge in [0.2, 0.25) is 0 Å². The molecule has 1 unspecified atom stereocenters. The molecule has 1 atom stereocenters. The third-order valence-corrected chi connectivity index (χ3v) is 4.34. The molecule has 0 radical (unpaired) electrons. The molecule has 1 saturated heterocycles. The van der Waals surface area contributed by atoms with Gasteiger partial charge in [-0.05, 0) is 27.2 Å². The van der Waals surface area contributed by atoms with Crippen LogP contribution in [0.1, 0.15) is 34.1 Å². The van der Waals surface area contributed by atoms with E-state index in [1.165, 1.54) is 31.8 Å². The largest absolute Gasteiger partial charge is 0.313 e. The normalized spacial score (nSPS) is 24.0. The van der Waals surface area contributed by atoms with Gasteiger partial charge in [0.25, 0.3) is 0 Å². The molecule has 0 aromatic heterocycles. The molecule has 0 aromatic carbocycles. The van der Waals surface area contributed by atoms with Crippen LogP contribution in [0.3, 0.4) is 0 Å². The maximum atomic E-state index is 3.56. The first-order valence-corrected chi connectivity index (χ1v) is 7.12. The van der Waals surface area contributed by atoms with Gasteiger partial charge in [0.1, 0.15) is 0 Å². The van der Waals surface area contributed by atoms with Crippen molar-refractivity contribution in [3.8, 4) is 0 Å². The molecule has 1 rings (SSSR count). The number of hydrogen-bond donors (Lipinski definition) is 1. The highest BCUT2D eigenvalue weighted by molar-refractivity contribution is 8.00. The van der Waals surface area contributed by atoms with Crippen LogP contribution in [-0.4, -0.2) is 47.6 Å². The van der Waals surface area contributed by atoms with E-state index in [0.29, 0.717) is 10.8 Å². The van der Waals surface area contributed by atoms with E-state index < -0.39 is 0 Å². The first-order valence-electron chi connectivity index (χ1n) is 6.13. The number of thioether (sulfide) groups is 1. The summed E-state index contributed by atoms with van der Waals surface area (Å²) in [6, 6.07) is 0.664. The van der Waals surface area contributed by atoms with E-state index in [1.54, 1.807) is 0 Å². The number of nitrogens with zero attached hydrogens (tertiary/aromatic N) is 1. The molecule has 0 spiro atoms. The lowest BCUT2D eigenvalue weighted by Crippen LogP contribution is -2.46. The molecular formula is C12H26N2S. The highest BCUT2D eigenvalue weighted by Crippen LogP contribution is 2.28. The van der Waals surface area contributed by atoms with Gasteiger partial charge < -0.3 is 5.32 Å². The van der Waals surface area contributed by atoms with Gasteiger partial charge in [0, 0.05) is 42.7 Å². The summed E-state index contributed by atoms with van der Waals surface area (Å²) in [6.45, 7) is 14.0. The standard InChI is InChI=1S/C12H26N2S/c1-5-11(2)13-6-7-14-8-9-15-12(3,4)10-14/h11,13H,5-10H2,1-4H3. The van der Waals surface area contributed by atoms with Crippen LogP contribution in [-0.2, 0) is 0 Å². The Hall–Kier alpha value is 0.270. The third kappa shape index (κ3) is 5.23. The van der Waals surface area contributed by atoms with E-state index in [4.69, 9.17) is 0 Å². The molecule has 0 bridgehead atoms. The van der Waals surface area contributed by atoms with Crippen LogP contribution in [0.5, 0.6) is 0 Å². The van der Waals surface area contributed by atoms with E-state index >= 15 is 0 Å². The van der Waals surface area contributed by atoms with E-state index in [0.717, 1.165) is 6.54 Å². The Balaban J connectivity index is 2.16. The van der Waals surface area contributed by atoms with Gasteiger partial charge in [-0.15, -0.1) is 0 Å². The molecule has 1 aliphatic heterocycles. The van der Waals surface area contributed by atoms with Crippen LogP contribution in [0.15, 0.2) is 0 Å². The molecule has 0 aliphatic carbocycles. The van der Waals surface area contributed by atoms with E-state index in [2.05, 4.69) is 49.7 Å². The van der Waals surface area contributed by atoms with Gasteiger partial charge >= 0.3 is 0 Å². The van der Waals surface area contributed by atoms with E-state index in [-0.39, 0.29) is 0 Å². The summed E-state index contributed by atoms with van der Waals surface area (Å²) >= 11 is 2.11. The zero-order chi connectivity index (χ0) is 11.3. The number of rotatable bonds is 5. The van der Waals surface area contributed by atoms with Gasteiger partial charge in [-0.2, -0.15) is 11.8 Å². The third-order valence-electron chi connectivity index (χ3n) is 3.04. The number of nitrogens with one attached hydrogen (secondary N) is 1. The molecule has 1 N–H and O–H groups in total. The second-order valence-corrected chi connectivity index (χ2v) is 6.95. The first kappa shape index (κ1) is 13.3. The van der Waals surface area contributed by atoms with Crippen molar-refractivity contribution < 1.29 is 0 Å². The smallest absolute Gasteiger partial charge is 0.0231 e. The molecule has 15 heavy (non-hydrogen) atoms. The predicted octanol–water partition coefficient (Wildman–Crippen LogP) is 2.20. The maximum Gasteiger partial charge on any atom is 0.0231 e. The minimum Gasteiger partial charge on any atom is -0.313 e. The predicted molar refractivity (Wildman–Crippen MR) is 70.7 cm³/mol. The van der Waals surface area contributed by atoms with E-state index in [9.17, 15) is 0 Å². The number of hydrogen-bond acceptors (Lipinski definition) is 3. The summed E-state index contributed by atoms with van der Waals surface area (Å²) in [5.41, 5.74) is 0. The fourth-order valence-corrected chi connectivity index (χ4v) is 3.09. The van der Waals surface area contributed by atoms with Gasteiger partial charge in [-0.1, -0.05) is 6.92 Å². The maximum absolute atomic E-state index is 3.56. The van der Waals surface area contributed by atoms with Gasteiger partial charge in [0.05, 0.1) is 0 Å². The van der Waals surface area contributed by atoms with Crippen molar-refractivity contribution in [1.82, 2.24) is 10.2 Å². The lowest BCUT2D eigenvalue weighted by atomic mass is 10.2. The van der Waals surface area contributed by atoms with Crippen LogP contribution in [0, 0.1) is 0 Å². The molecule has 1 heterocycles. The van der Waals surface area contributed by atoms with Crippen molar-refractivity contribution in [3.63, 3.8) is 0 Å². The van der Waals surface area contributed by atoms with Gasteiger partial charge in [-0.25, -0.2) is 0 Å². The van der Waals surface area contributed by atoms with Crippen molar-refractivity contribution in [3.05, 3.63) is 0 Å². The lowest BCUT2D eigenvalue weighted by Gasteiger charge is -2.37. The average molecular weight is 230 g/mol. The molecule has 0 amide bonds. The summed E-state index contributed by atoms with van der Waals surface area (Å²) in [7, 11) is 0. The highest BCUT2D eigenvalue weighted by atomic mass is 32.2. The van der Waals surface area contributed by atoms with Crippen LogP contribution < -0.4 is 5.32 Å². The second kappa shape index (κ2) is 6.12. The lowest BCUT2D eigenvalue weighted by molar-refractivity contribution is 0.257. The van der Waals surface area contributed by atoms with Crippen LogP contribution in [0.25, 0.3) is 0 Å². The monoisotopic (exact) mass is 230 g/mol. The summed E-state index contributed by atoms with van der Waals surface area (Å²) in [5.74, 6) is 1.29. The van der Waals surface area contributed by atoms with Gasteiger partial charge in [-0.3, -0.25) is 4.90 Å². The summed E-state index contributed by atoms with van der Waals surface area (Å²) < 4.78 is 0.453. The van der Waals surface area contributed by atoms with Crippen LogP contribution in [0.4, 0.5) is 0 Å². The Kier molecular flexibility index (Phi) is 5.44. The van der Waals surface area contributed by atoms with E-state index in [1.807, 2.05) is 0 Å². The Morgan fingerprint density at radius 3 is 2.80 bits per heavy atom. The molecule has 90 valence electrons. The Labute approximate surface area is 99.2 Å². The second-order valence-electron chi connectivity index (χ2n) is 5.15. The summed E-state index contributed by atoms with van der Waals surface area (Å²) in [5, 5.41) is 3.56. The SMILES string of the molecule is CCC(C)NCCN1CCSC(C)(C)C1. The molecule has 1 aliphatic rings. The minimum absolute atomic E-state index is 0.453. The molecular weight excluding hydrogens is 204 g/mol. The van der Waals surface area contributed by atoms with Crippen molar-refractivity contribution in [2.45, 2.75) is 44.9 Å². The fourth-order valence-electron chi connectivity index (χ4n) is 1.92. The molecule has 0 saturated carbocycles. The topological polar surface area (TPSA) is 15.3 Å². The zero-order valence-electron chi connectivity index (χ0n) is 10.7. The summed E-state index contributed by atoms with van der Waals surface area (Å²) in [4.78, 5) is 2.59. The van der Waals surface area contributed by atoms with Crippen molar-refractivity contribution in [2.75, 3.05) is 31.9 Å². The van der Waals surface area contributed by atoms with Crippen molar-refractivity contribution in [1.29, 1.82) is 0 Å². The summed E-state index contributed by atoms with van der Waals surface area (Å²) in [6.07, 6.45) is 1.22. The Morgan fingerprint density at radius 2 is 2.20 bits per heavy atom. The van der Waals surface area contributed by atoms with Crippen LogP contribution >= 0.6 is 11.8 Å². The minimum atomic E-state index is 0.453. The average Bonchev–Trinajstić information content (AvgIpc) is 2.16. The van der Waals surface area contributed by atoms with Crippen molar-refractivity contribution >= 4 is 11.8 Å². The Morgan fingerprint density at radius 1 is 1.47 bits per heavy atom. The zero-order valence-corrected chi connectivity index (χ0v) is 11.5. The van der Waals surface area contributed by atoms with Crippen LogP contribution in [0.2, 0.25) is 0 Å². The molecule has 1 fully saturated rings. The molecule has 3 heteroatoms. The quantitative estimate of drug-likeness (QED) is 0.779. The highest BCUT2D eigenvalue weighted by Gasteiger charge is 2.26. The molecule has 0 aromatic rings. The molecule has 2 nitrogen and oxygen atoms in total. The Bertz CT molecular complexity index is 182. The van der Waals surface area contributed by atoms with Crippen molar-refractivity contribution in [2.24, 2.45) is 0 Å². The fraction of sp³-hybridized carbons (Fsp3) is 1.00. The first-order chi connectivity index (χ1) is 7.03. The van der Waals surface area contributed by atoms with Gasteiger partial charge in [0.15, 0.2) is 0 Å².